The number of hydrogen-bond acceptors (Lipinski definition) is 1. The van der Waals surface area contributed by atoms with Crippen molar-refractivity contribution >= 4 is 17.4 Å². The van der Waals surface area contributed by atoms with E-state index in [9.17, 15) is 4.79 Å². The number of ketones is 1. The van der Waals surface area contributed by atoms with Crippen LogP contribution in [0, 0.1) is 17.8 Å². The third kappa shape index (κ3) is 4.47. The standard InChI is InChI=1S/C19H32ClNO/c20-18-8-4-5-15(13-18)14-21-11-9-17(10-12-21)19(22)16-6-2-1-3-7-16/h15-18H,1-14H2/p+1. The molecule has 0 radical (unpaired) electrons. The topological polar surface area (TPSA) is 21.5 Å². The SMILES string of the molecule is O=C(C1CCCCC1)C1CC[NH+](CC2CCCC(Cl)C2)CC1. The normalized spacial score (nSPS) is 37.9. The number of piperidine rings is 1. The maximum Gasteiger partial charge on any atom is 0.139 e. The molecular weight excluding hydrogens is 294 g/mol. The molecule has 0 amide bonds. The minimum atomic E-state index is 0.388. The van der Waals surface area contributed by atoms with Gasteiger partial charge in [-0.25, -0.2) is 0 Å². The first-order valence-corrected chi connectivity index (χ1v) is 10.2. The van der Waals surface area contributed by atoms with Crippen molar-refractivity contribution in [1.29, 1.82) is 0 Å². The summed E-state index contributed by atoms with van der Waals surface area (Å²) < 4.78 is 0. The van der Waals surface area contributed by atoms with E-state index in [0.717, 1.165) is 18.8 Å². The van der Waals surface area contributed by atoms with Crippen LogP contribution in [-0.2, 0) is 4.79 Å². The van der Waals surface area contributed by atoms with Gasteiger partial charge in [-0.2, -0.15) is 0 Å². The number of quaternary nitrogens is 1. The number of alkyl halides is 1. The predicted octanol–water partition coefficient (Wildman–Crippen LogP) is 3.23. The predicted molar refractivity (Wildman–Crippen MR) is 91.5 cm³/mol. The van der Waals surface area contributed by atoms with Crippen LogP contribution in [0.4, 0.5) is 0 Å². The number of hydrogen-bond donors (Lipinski definition) is 1. The number of carbonyl (C=O) groups is 1. The molecule has 0 aromatic carbocycles. The van der Waals surface area contributed by atoms with Crippen LogP contribution in [0.25, 0.3) is 0 Å². The second-order valence-corrected chi connectivity index (χ2v) is 8.71. The Labute approximate surface area is 141 Å². The van der Waals surface area contributed by atoms with E-state index in [4.69, 9.17) is 11.6 Å². The summed E-state index contributed by atoms with van der Waals surface area (Å²) in [5, 5.41) is 0.420. The van der Waals surface area contributed by atoms with E-state index in [2.05, 4.69) is 0 Å². The second-order valence-electron chi connectivity index (χ2n) is 8.10. The maximum atomic E-state index is 12.7. The summed E-state index contributed by atoms with van der Waals surface area (Å²) in [5.74, 6) is 2.25. The number of Topliss-reactive ketones (excluding diaryl/α,β-unsaturated/α-hetero) is 1. The van der Waals surface area contributed by atoms with Crippen LogP contribution in [0.5, 0.6) is 0 Å². The summed E-state index contributed by atoms with van der Waals surface area (Å²) in [7, 11) is 0. The fourth-order valence-corrected chi connectivity index (χ4v) is 5.46. The molecule has 2 unspecified atom stereocenters. The minimum Gasteiger partial charge on any atom is -0.335 e. The van der Waals surface area contributed by atoms with E-state index in [1.165, 1.54) is 77.4 Å². The zero-order chi connectivity index (χ0) is 15.4. The van der Waals surface area contributed by atoms with Gasteiger partial charge in [0.25, 0.3) is 0 Å². The number of nitrogens with one attached hydrogen (secondary N) is 1. The molecule has 3 rings (SSSR count). The van der Waals surface area contributed by atoms with Gasteiger partial charge in [0.1, 0.15) is 5.78 Å². The lowest BCUT2D eigenvalue weighted by Gasteiger charge is -2.34. The van der Waals surface area contributed by atoms with Gasteiger partial charge in [-0.05, 0) is 32.1 Å². The smallest absolute Gasteiger partial charge is 0.139 e. The van der Waals surface area contributed by atoms with Crippen molar-refractivity contribution in [3.63, 3.8) is 0 Å². The third-order valence-electron chi connectivity index (χ3n) is 6.40. The summed E-state index contributed by atoms with van der Waals surface area (Å²) in [4.78, 5) is 14.4. The quantitative estimate of drug-likeness (QED) is 0.787. The Morgan fingerprint density at radius 1 is 0.864 bits per heavy atom. The van der Waals surface area contributed by atoms with Crippen molar-refractivity contribution in [3.8, 4) is 0 Å². The van der Waals surface area contributed by atoms with E-state index in [1.807, 2.05) is 0 Å². The maximum absolute atomic E-state index is 12.7. The molecule has 1 aliphatic heterocycles. The Morgan fingerprint density at radius 3 is 2.23 bits per heavy atom. The molecule has 2 nitrogen and oxygen atoms in total. The lowest BCUT2D eigenvalue weighted by molar-refractivity contribution is -0.909. The first-order chi connectivity index (χ1) is 10.7. The van der Waals surface area contributed by atoms with Crippen molar-refractivity contribution in [2.75, 3.05) is 19.6 Å². The summed E-state index contributed by atoms with van der Waals surface area (Å²) >= 11 is 6.33. The average molecular weight is 327 g/mol. The first-order valence-electron chi connectivity index (χ1n) is 9.73. The van der Waals surface area contributed by atoms with Crippen molar-refractivity contribution in [2.24, 2.45) is 17.8 Å². The average Bonchev–Trinajstić information content (AvgIpc) is 2.56. The molecule has 0 bridgehead atoms. The highest BCUT2D eigenvalue weighted by Crippen LogP contribution is 2.29. The van der Waals surface area contributed by atoms with Crippen molar-refractivity contribution in [1.82, 2.24) is 0 Å². The van der Waals surface area contributed by atoms with Gasteiger partial charge in [0.15, 0.2) is 0 Å². The molecule has 3 fully saturated rings. The monoisotopic (exact) mass is 326 g/mol. The fraction of sp³-hybridized carbons (Fsp3) is 0.947. The number of halogens is 1. The molecule has 3 heteroatoms. The molecule has 0 spiro atoms. The van der Waals surface area contributed by atoms with Crippen molar-refractivity contribution < 1.29 is 9.69 Å². The summed E-state index contributed by atoms with van der Waals surface area (Å²) in [6.07, 6.45) is 13.6. The molecular formula is C19H33ClNO+. The largest absolute Gasteiger partial charge is 0.335 e. The Balaban J connectivity index is 1.41. The van der Waals surface area contributed by atoms with E-state index >= 15 is 0 Å². The third-order valence-corrected chi connectivity index (χ3v) is 6.80. The van der Waals surface area contributed by atoms with Crippen LogP contribution >= 0.6 is 11.6 Å². The van der Waals surface area contributed by atoms with Crippen LogP contribution < -0.4 is 4.90 Å². The summed E-state index contributed by atoms with van der Waals surface area (Å²) in [6.45, 7) is 3.73. The molecule has 1 N–H and O–H groups in total. The number of likely N-dealkylation sites (tertiary alicyclic amines) is 1. The zero-order valence-corrected chi connectivity index (χ0v) is 14.8. The molecule has 0 aromatic heterocycles. The van der Waals surface area contributed by atoms with Gasteiger partial charge in [-0.1, -0.05) is 25.7 Å². The molecule has 3 aliphatic rings. The molecule has 126 valence electrons. The summed E-state index contributed by atoms with van der Waals surface area (Å²) in [5.41, 5.74) is 0. The Morgan fingerprint density at radius 2 is 1.55 bits per heavy atom. The highest BCUT2D eigenvalue weighted by atomic mass is 35.5. The Bertz CT molecular complexity index is 358. The van der Waals surface area contributed by atoms with E-state index in [-0.39, 0.29) is 0 Å². The lowest BCUT2D eigenvalue weighted by Crippen LogP contribution is -3.13. The van der Waals surface area contributed by atoms with Gasteiger partial charge in [0.2, 0.25) is 0 Å². The van der Waals surface area contributed by atoms with Crippen molar-refractivity contribution in [2.45, 2.75) is 76.0 Å². The molecule has 1 saturated heterocycles. The molecule has 0 aromatic rings. The summed E-state index contributed by atoms with van der Waals surface area (Å²) in [6, 6.07) is 0. The molecule has 1 heterocycles. The fourth-order valence-electron chi connectivity index (χ4n) is 5.05. The van der Waals surface area contributed by atoms with Crippen LogP contribution in [0.1, 0.15) is 70.6 Å². The molecule has 2 saturated carbocycles. The zero-order valence-electron chi connectivity index (χ0n) is 14.0. The van der Waals surface area contributed by atoms with Crippen LogP contribution in [0.2, 0.25) is 0 Å². The first kappa shape index (κ1) is 16.8. The van der Waals surface area contributed by atoms with Gasteiger partial charge in [-0.15, -0.1) is 11.6 Å². The Kier molecular flexibility index (Phi) is 6.21. The van der Waals surface area contributed by atoms with Gasteiger partial charge < -0.3 is 4.90 Å². The van der Waals surface area contributed by atoms with Gasteiger partial charge in [0.05, 0.1) is 19.6 Å². The Hall–Kier alpha value is -0.0800. The van der Waals surface area contributed by atoms with E-state index < -0.39 is 0 Å². The minimum absolute atomic E-state index is 0.388. The lowest BCUT2D eigenvalue weighted by atomic mass is 9.78. The highest BCUT2D eigenvalue weighted by molar-refractivity contribution is 6.20. The van der Waals surface area contributed by atoms with E-state index in [1.54, 1.807) is 4.90 Å². The highest BCUT2D eigenvalue weighted by Gasteiger charge is 2.33. The number of rotatable bonds is 4. The van der Waals surface area contributed by atoms with Crippen LogP contribution in [0.15, 0.2) is 0 Å². The second kappa shape index (κ2) is 8.15. The van der Waals surface area contributed by atoms with Gasteiger partial charge in [-0.3, -0.25) is 4.79 Å². The van der Waals surface area contributed by atoms with Crippen LogP contribution in [0.3, 0.4) is 0 Å². The number of carbonyl (C=O) groups excluding carboxylic acids is 1. The molecule has 22 heavy (non-hydrogen) atoms. The van der Waals surface area contributed by atoms with Crippen LogP contribution in [-0.4, -0.2) is 30.8 Å². The van der Waals surface area contributed by atoms with Crippen molar-refractivity contribution in [3.05, 3.63) is 0 Å². The molecule has 2 aliphatic carbocycles. The van der Waals surface area contributed by atoms with Gasteiger partial charge >= 0.3 is 0 Å². The molecule has 2 atom stereocenters. The van der Waals surface area contributed by atoms with E-state index in [0.29, 0.717) is 23.0 Å². The van der Waals surface area contributed by atoms with Gasteiger partial charge in [0, 0.05) is 36.0 Å².